The number of hydrogen-bond acceptors (Lipinski definition) is 6. The first-order chi connectivity index (χ1) is 9.67. The molecular formula is C12H18N2O6S. The fourth-order valence-corrected chi connectivity index (χ4v) is 3.09. The summed E-state index contributed by atoms with van der Waals surface area (Å²) in [7, 11) is -4.02. The number of aromatic hydroxyl groups is 1. The van der Waals surface area contributed by atoms with Crippen molar-refractivity contribution < 1.29 is 23.6 Å². The Labute approximate surface area is 122 Å². The minimum absolute atomic E-state index is 0.166. The van der Waals surface area contributed by atoms with E-state index < -0.39 is 32.4 Å². The second kappa shape index (κ2) is 6.83. The van der Waals surface area contributed by atoms with E-state index in [9.17, 15) is 28.7 Å². The van der Waals surface area contributed by atoms with Crippen LogP contribution < -0.4 is 4.72 Å². The molecule has 21 heavy (non-hydrogen) atoms. The van der Waals surface area contributed by atoms with E-state index >= 15 is 0 Å². The summed E-state index contributed by atoms with van der Waals surface area (Å²) in [4.78, 5) is 9.51. The molecule has 0 fully saturated rings. The van der Waals surface area contributed by atoms with Crippen LogP contribution in [0, 0.1) is 16.0 Å². The van der Waals surface area contributed by atoms with Crippen molar-refractivity contribution in [3.8, 4) is 5.75 Å². The van der Waals surface area contributed by atoms with Gasteiger partial charge in [-0.3, -0.25) is 10.1 Å². The highest BCUT2D eigenvalue weighted by Crippen LogP contribution is 2.28. The van der Waals surface area contributed by atoms with Crippen molar-refractivity contribution in [2.75, 3.05) is 6.61 Å². The number of phenolic OH excluding ortho intramolecular Hbond substituents is 1. The lowest BCUT2D eigenvalue weighted by atomic mass is 10.1. The van der Waals surface area contributed by atoms with Crippen molar-refractivity contribution in [1.82, 2.24) is 4.72 Å². The van der Waals surface area contributed by atoms with Crippen molar-refractivity contribution in [1.29, 1.82) is 0 Å². The Morgan fingerprint density at radius 1 is 1.38 bits per heavy atom. The lowest BCUT2D eigenvalue weighted by Crippen LogP contribution is -2.38. The zero-order valence-electron chi connectivity index (χ0n) is 11.7. The van der Waals surface area contributed by atoms with Gasteiger partial charge in [-0.2, -0.15) is 0 Å². The number of sulfonamides is 1. The van der Waals surface area contributed by atoms with E-state index in [1.165, 1.54) is 0 Å². The third-order valence-corrected chi connectivity index (χ3v) is 4.27. The van der Waals surface area contributed by atoms with E-state index in [2.05, 4.69) is 4.72 Å². The van der Waals surface area contributed by atoms with E-state index in [-0.39, 0.29) is 17.4 Å². The van der Waals surface area contributed by atoms with Gasteiger partial charge in [0, 0.05) is 12.1 Å². The van der Waals surface area contributed by atoms with Crippen LogP contribution in [0.15, 0.2) is 23.1 Å². The molecular weight excluding hydrogens is 300 g/mol. The number of nitro benzene ring substituents is 1. The molecule has 0 saturated heterocycles. The normalized spacial score (nSPS) is 13.3. The monoisotopic (exact) mass is 318 g/mol. The van der Waals surface area contributed by atoms with Crippen LogP contribution in [-0.4, -0.2) is 36.2 Å². The average Bonchev–Trinajstić information content (AvgIpc) is 2.36. The summed E-state index contributed by atoms with van der Waals surface area (Å²) in [5, 5.41) is 29.2. The summed E-state index contributed by atoms with van der Waals surface area (Å²) < 4.78 is 26.6. The number of nitrogens with zero attached hydrogens (tertiary/aromatic N) is 1. The first-order valence-electron chi connectivity index (χ1n) is 6.28. The molecule has 0 saturated carbocycles. The molecule has 8 nitrogen and oxygen atoms in total. The third-order valence-electron chi connectivity index (χ3n) is 2.75. The number of aliphatic hydroxyl groups excluding tert-OH is 1. The van der Waals surface area contributed by atoms with Crippen LogP contribution in [0.1, 0.15) is 20.3 Å². The lowest BCUT2D eigenvalue weighted by Gasteiger charge is -2.18. The first kappa shape index (κ1) is 17.3. The van der Waals surface area contributed by atoms with Crippen LogP contribution >= 0.6 is 0 Å². The van der Waals surface area contributed by atoms with Gasteiger partial charge in [-0.25, -0.2) is 13.1 Å². The van der Waals surface area contributed by atoms with Gasteiger partial charge in [0.1, 0.15) is 0 Å². The van der Waals surface area contributed by atoms with Gasteiger partial charge in [0.15, 0.2) is 5.75 Å². The van der Waals surface area contributed by atoms with Crippen LogP contribution in [0.25, 0.3) is 0 Å². The number of aliphatic hydroxyl groups is 1. The largest absolute Gasteiger partial charge is 0.502 e. The number of hydrogen-bond donors (Lipinski definition) is 3. The molecule has 118 valence electrons. The number of phenols is 1. The van der Waals surface area contributed by atoms with Gasteiger partial charge < -0.3 is 10.2 Å². The Kier molecular flexibility index (Phi) is 5.64. The number of benzene rings is 1. The molecule has 1 unspecified atom stereocenters. The van der Waals surface area contributed by atoms with Crippen LogP contribution in [0.2, 0.25) is 0 Å². The molecule has 9 heteroatoms. The SMILES string of the molecule is CC(C)CC(CO)NS(=O)(=O)c1ccc(O)c([N+](=O)[O-])c1. The predicted molar refractivity (Wildman–Crippen MR) is 75.4 cm³/mol. The smallest absolute Gasteiger partial charge is 0.312 e. The highest BCUT2D eigenvalue weighted by Gasteiger charge is 2.24. The standard InChI is InChI=1S/C12H18N2O6S/c1-8(2)5-9(7-15)13-21(19,20)10-3-4-12(16)11(6-10)14(17)18/h3-4,6,8-9,13,15-16H,5,7H2,1-2H3. The maximum Gasteiger partial charge on any atom is 0.312 e. The summed E-state index contributed by atoms with van der Waals surface area (Å²) in [6.07, 6.45) is 0.426. The average molecular weight is 318 g/mol. The predicted octanol–water partition coefficient (Wildman–Crippen LogP) is 0.986. The van der Waals surface area contributed by atoms with Gasteiger partial charge >= 0.3 is 5.69 Å². The summed E-state index contributed by atoms with van der Waals surface area (Å²) >= 11 is 0. The fourth-order valence-electron chi connectivity index (χ4n) is 1.83. The summed E-state index contributed by atoms with van der Waals surface area (Å²) in [6.45, 7) is 3.38. The van der Waals surface area contributed by atoms with Crippen molar-refractivity contribution in [2.24, 2.45) is 5.92 Å². The van der Waals surface area contributed by atoms with Gasteiger partial charge in [-0.05, 0) is 24.5 Å². The van der Waals surface area contributed by atoms with Gasteiger partial charge in [0.2, 0.25) is 10.0 Å². The second-order valence-corrected chi connectivity index (χ2v) is 6.75. The van der Waals surface area contributed by atoms with Gasteiger partial charge in [-0.15, -0.1) is 0 Å². The van der Waals surface area contributed by atoms with Gasteiger partial charge in [-0.1, -0.05) is 13.8 Å². The van der Waals surface area contributed by atoms with E-state index in [1.807, 2.05) is 13.8 Å². The Morgan fingerprint density at radius 3 is 2.48 bits per heavy atom. The Hall–Kier alpha value is -1.71. The molecule has 0 spiro atoms. The van der Waals surface area contributed by atoms with Crippen molar-refractivity contribution >= 4 is 15.7 Å². The van der Waals surface area contributed by atoms with E-state index in [4.69, 9.17) is 0 Å². The van der Waals surface area contributed by atoms with Crippen molar-refractivity contribution in [3.63, 3.8) is 0 Å². The molecule has 0 aromatic heterocycles. The van der Waals surface area contributed by atoms with Gasteiger partial charge in [0.05, 0.1) is 16.4 Å². The second-order valence-electron chi connectivity index (χ2n) is 5.04. The number of rotatable bonds is 7. The number of nitrogens with one attached hydrogen (secondary N) is 1. The van der Waals surface area contributed by atoms with Crippen LogP contribution in [0.5, 0.6) is 5.75 Å². The molecule has 1 aromatic carbocycles. The van der Waals surface area contributed by atoms with Crippen LogP contribution in [0.4, 0.5) is 5.69 Å². The van der Waals surface area contributed by atoms with E-state index in [1.54, 1.807) is 0 Å². The van der Waals surface area contributed by atoms with E-state index in [0.29, 0.717) is 6.42 Å². The molecule has 0 heterocycles. The van der Waals surface area contributed by atoms with Crippen molar-refractivity contribution in [3.05, 3.63) is 28.3 Å². The molecule has 1 rings (SSSR count). The maximum atomic E-state index is 12.1. The third kappa shape index (κ3) is 4.66. The minimum Gasteiger partial charge on any atom is -0.502 e. The van der Waals surface area contributed by atoms with Crippen molar-refractivity contribution in [2.45, 2.75) is 31.2 Å². The first-order valence-corrected chi connectivity index (χ1v) is 7.76. The summed E-state index contributed by atoms with van der Waals surface area (Å²) in [5.41, 5.74) is -0.692. The lowest BCUT2D eigenvalue weighted by molar-refractivity contribution is -0.386. The molecule has 1 atom stereocenters. The molecule has 0 radical (unpaired) electrons. The summed E-state index contributed by atoms with van der Waals surface area (Å²) in [5.74, 6) is -0.446. The molecule has 0 aliphatic rings. The minimum atomic E-state index is -4.02. The highest BCUT2D eigenvalue weighted by atomic mass is 32.2. The van der Waals surface area contributed by atoms with Crippen LogP contribution in [0.3, 0.4) is 0 Å². The Bertz CT molecular complexity index is 614. The Balaban J connectivity index is 3.07. The zero-order valence-corrected chi connectivity index (χ0v) is 12.5. The molecule has 3 N–H and O–H groups in total. The molecule has 0 aliphatic carbocycles. The molecule has 0 amide bonds. The Morgan fingerprint density at radius 2 is 2.00 bits per heavy atom. The van der Waals surface area contributed by atoms with E-state index in [0.717, 1.165) is 18.2 Å². The molecule has 0 bridgehead atoms. The number of nitro groups is 1. The molecule has 0 aliphatic heterocycles. The van der Waals surface area contributed by atoms with Crippen LogP contribution in [-0.2, 0) is 10.0 Å². The molecule has 1 aromatic rings. The topological polar surface area (TPSA) is 130 Å². The van der Waals surface area contributed by atoms with Gasteiger partial charge in [0.25, 0.3) is 0 Å². The quantitative estimate of drug-likeness (QED) is 0.507. The fraction of sp³-hybridized carbons (Fsp3) is 0.500. The maximum absolute atomic E-state index is 12.1. The zero-order chi connectivity index (χ0) is 16.2. The highest BCUT2D eigenvalue weighted by molar-refractivity contribution is 7.89. The summed E-state index contributed by atoms with van der Waals surface area (Å²) in [6, 6.07) is 2.11.